The lowest BCUT2D eigenvalue weighted by molar-refractivity contribution is -0.130. The van der Waals surface area contributed by atoms with Crippen LogP contribution in [0.1, 0.15) is 25.3 Å². The van der Waals surface area contributed by atoms with Crippen LogP contribution in [0.2, 0.25) is 0 Å². The molecule has 7 heteroatoms. The highest BCUT2D eigenvalue weighted by Crippen LogP contribution is 2.22. The van der Waals surface area contributed by atoms with Gasteiger partial charge in [-0.15, -0.1) is 0 Å². The van der Waals surface area contributed by atoms with Gasteiger partial charge in [0.2, 0.25) is 0 Å². The average Bonchev–Trinajstić information content (AvgIpc) is 3.14. The first-order chi connectivity index (χ1) is 11.6. The molecule has 1 atom stereocenters. The van der Waals surface area contributed by atoms with Crippen molar-refractivity contribution >= 4 is 17.3 Å². The third-order valence-corrected chi connectivity index (χ3v) is 4.27. The maximum atomic E-state index is 14.4. The fourth-order valence-corrected chi connectivity index (χ4v) is 2.85. The number of hydrazone groups is 1. The standard InChI is InChI=1S/C17H22FN3O3/c1-12(19-20-17(22)16-3-2-8-24-16)13-4-5-15(14(18)11-13)21-6-9-23-10-7-21/h4-5,11,16H,2-3,6-10H2,1H3,(H,20,22). The average molecular weight is 335 g/mol. The van der Waals surface area contributed by atoms with Crippen molar-refractivity contribution in [1.29, 1.82) is 0 Å². The van der Waals surface area contributed by atoms with Crippen molar-refractivity contribution in [3.8, 4) is 0 Å². The molecule has 2 saturated heterocycles. The molecule has 0 spiro atoms. The summed E-state index contributed by atoms with van der Waals surface area (Å²) in [4.78, 5) is 13.8. The van der Waals surface area contributed by atoms with Crippen molar-refractivity contribution in [2.24, 2.45) is 5.10 Å². The Morgan fingerprint density at radius 3 is 2.79 bits per heavy atom. The van der Waals surface area contributed by atoms with E-state index in [0.717, 1.165) is 6.42 Å². The zero-order chi connectivity index (χ0) is 16.9. The van der Waals surface area contributed by atoms with Gasteiger partial charge in [0.25, 0.3) is 5.91 Å². The van der Waals surface area contributed by atoms with Gasteiger partial charge in [-0.2, -0.15) is 5.10 Å². The summed E-state index contributed by atoms with van der Waals surface area (Å²) >= 11 is 0. The number of amides is 1. The summed E-state index contributed by atoms with van der Waals surface area (Å²) in [5.41, 5.74) is 4.25. The third-order valence-electron chi connectivity index (χ3n) is 4.27. The normalized spacial score (nSPS) is 21.8. The minimum Gasteiger partial charge on any atom is -0.378 e. The molecular weight excluding hydrogens is 313 g/mol. The molecule has 2 fully saturated rings. The molecule has 0 aliphatic carbocycles. The van der Waals surface area contributed by atoms with Gasteiger partial charge in [-0.1, -0.05) is 6.07 Å². The van der Waals surface area contributed by atoms with Gasteiger partial charge >= 0.3 is 0 Å². The SMILES string of the molecule is CC(=NNC(=O)C1CCCO1)c1ccc(N2CCOCC2)c(F)c1. The Hall–Kier alpha value is -1.99. The number of ether oxygens (including phenoxy) is 2. The molecule has 0 bridgehead atoms. The van der Waals surface area contributed by atoms with Crippen LogP contribution >= 0.6 is 0 Å². The molecule has 1 amide bonds. The van der Waals surface area contributed by atoms with E-state index in [2.05, 4.69) is 10.5 Å². The number of anilines is 1. The molecule has 6 nitrogen and oxygen atoms in total. The van der Waals surface area contributed by atoms with Crippen molar-refractivity contribution in [2.75, 3.05) is 37.8 Å². The van der Waals surface area contributed by atoms with Gasteiger partial charge in [0.1, 0.15) is 11.9 Å². The first-order valence-electron chi connectivity index (χ1n) is 8.23. The first-order valence-corrected chi connectivity index (χ1v) is 8.23. The summed E-state index contributed by atoms with van der Waals surface area (Å²) in [6.07, 6.45) is 1.17. The highest BCUT2D eigenvalue weighted by atomic mass is 19.1. The van der Waals surface area contributed by atoms with Gasteiger partial charge in [-0.3, -0.25) is 4.79 Å². The molecular formula is C17H22FN3O3. The molecule has 24 heavy (non-hydrogen) atoms. The fraction of sp³-hybridized carbons (Fsp3) is 0.529. The lowest BCUT2D eigenvalue weighted by Crippen LogP contribution is -2.36. The largest absolute Gasteiger partial charge is 0.378 e. The number of carbonyl (C=O) groups is 1. The summed E-state index contributed by atoms with van der Waals surface area (Å²) in [6.45, 7) is 4.92. The molecule has 0 radical (unpaired) electrons. The molecule has 1 aromatic rings. The molecule has 0 saturated carbocycles. The molecule has 1 N–H and O–H groups in total. The second-order valence-electron chi connectivity index (χ2n) is 5.94. The van der Waals surface area contributed by atoms with Crippen LogP contribution in [0.4, 0.5) is 10.1 Å². The summed E-state index contributed by atoms with van der Waals surface area (Å²) in [6, 6.07) is 5.00. The van der Waals surface area contributed by atoms with Crippen LogP contribution in [0, 0.1) is 5.82 Å². The molecule has 3 rings (SSSR count). The van der Waals surface area contributed by atoms with E-state index in [1.54, 1.807) is 13.0 Å². The van der Waals surface area contributed by atoms with Crippen LogP contribution in [0.5, 0.6) is 0 Å². The molecule has 2 aliphatic heterocycles. The minimum absolute atomic E-state index is 0.253. The van der Waals surface area contributed by atoms with E-state index in [0.29, 0.717) is 56.3 Å². The van der Waals surface area contributed by atoms with Crippen LogP contribution in [0.25, 0.3) is 0 Å². The predicted octanol–water partition coefficient (Wildman–Crippen LogP) is 1.68. The summed E-state index contributed by atoms with van der Waals surface area (Å²) < 4.78 is 25.0. The maximum Gasteiger partial charge on any atom is 0.269 e. The molecule has 1 aromatic carbocycles. The predicted molar refractivity (Wildman–Crippen MR) is 88.8 cm³/mol. The van der Waals surface area contributed by atoms with E-state index in [-0.39, 0.29) is 11.7 Å². The Morgan fingerprint density at radius 1 is 1.33 bits per heavy atom. The molecule has 2 heterocycles. The number of rotatable bonds is 4. The number of hydrogen-bond donors (Lipinski definition) is 1. The summed E-state index contributed by atoms with van der Waals surface area (Å²) in [5, 5.41) is 4.06. The lowest BCUT2D eigenvalue weighted by Gasteiger charge is -2.29. The van der Waals surface area contributed by atoms with E-state index in [4.69, 9.17) is 9.47 Å². The molecule has 130 valence electrons. The van der Waals surface area contributed by atoms with Gasteiger partial charge in [0, 0.05) is 25.3 Å². The third kappa shape index (κ3) is 3.91. The highest BCUT2D eigenvalue weighted by Gasteiger charge is 2.23. The number of carbonyl (C=O) groups excluding carboxylic acids is 1. The first kappa shape index (κ1) is 16.9. The summed E-state index contributed by atoms with van der Waals surface area (Å²) in [7, 11) is 0. The van der Waals surface area contributed by atoms with Crippen molar-refractivity contribution in [3.63, 3.8) is 0 Å². The van der Waals surface area contributed by atoms with Gasteiger partial charge < -0.3 is 14.4 Å². The lowest BCUT2D eigenvalue weighted by atomic mass is 10.1. The van der Waals surface area contributed by atoms with Crippen LogP contribution in [0.15, 0.2) is 23.3 Å². The second-order valence-corrected chi connectivity index (χ2v) is 5.94. The van der Waals surface area contributed by atoms with Gasteiger partial charge in [0.05, 0.1) is 24.6 Å². The van der Waals surface area contributed by atoms with E-state index >= 15 is 0 Å². The van der Waals surface area contributed by atoms with E-state index in [1.165, 1.54) is 6.07 Å². The zero-order valence-electron chi connectivity index (χ0n) is 13.8. The Balaban J connectivity index is 1.66. The van der Waals surface area contributed by atoms with Gasteiger partial charge in [-0.05, 0) is 31.9 Å². The Kier molecular flexibility index (Phi) is 5.42. The maximum absolute atomic E-state index is 14.4. The molecule has 2 aliphatic rings. The Bertz CT molecular complexity index is 624. The van der Waals surface area contributed by atoms with Crippen LogP contribution in [0.3, 0.4) is 0 Å². The summed E-state index contributed by atoms with van der Waals surface area (Å²) in [5.74, 6) is -0.549. The second kappa shape index (κ2) is 7.72. The van der Waals surface area contributed by atoms with Crippen molar-refractivity contribution in [2.45, 2.75) is 25.9 Å². The minimum atomic E-state index is -0.429. The van der Waals surface area contributed by atoms with Gasteiger partial charge in [-0.25, -0.2) is 9.82 Å². The Labute approximate surface area is 140 Å². The van der Waals surface area contributed by atoms with Crippen molar-refractivity contribution in [1.82, 2.24) is 5.43 Å². The Morgan fingerprint density at radius 2 is 2.12 bits per heavy atom. The molecule has 0 aromatic heterocycles. The quantitative estimate of drug-likeness (QED) is 0.672. The van der Waals surface area contributed by atoms with Crippen molar-refractivity contribution < 1.29 is 18.7 Å². The smallest absolute Gasteiger partial charge is 0.269 e. The van der Waals surface area contributed by atoms with Crippen LogP contribution in [-0.4, -0.2) is 50.6 Å². The monoisotopic (exact) mass is 335 g/mol. The number of benzene rings is 1. The zero-order valence-corrected chi connectivity index (χ0v) is 13.8. The van der Waals surface area contributed by atoms with Gasteiger partial charge in [0.15, 0.2) is 0 Å². The topological polar surface area (TPSA) is 63.2 Å². The number of morpholine rings is 1. The number of nitrogens with one attached hydrogen (secondary N) is 1. The van der Waals surface area contributed by atoms with E-state index in [9.17, 15) is 9.18 Å². The van der Waals surface area contributed by atoms with Crippen LogP contribution < -0.4 is 10.3 Å². The van der Waals surface area contributed by atoms with Crippen molar-refractivity contribution in [3.05, 3.63) is 29.6 Å². The number of nitrogens with zero attached hydrogens (tertiary/aromatic N) is 2. The van der Waals surface area contributed by atoms with Crippen LogP contribution in [-0.2, 0) is 14.3 Å². The number of halogens is 1. The fourth-order valence-electron chi connectivity index (χ4n) is 2.85. The molecule has 1 unspecified atom stereocenters. The number of hydrogen-bond acceptors (Lipinski definition) is 5. The van der Waals surface area contributed by atoms with E-state index < -0.39 is 6.10 Å². The van der Waals surface area contributed by atoms with E-state index in [1.807, 2.05) is 11.0 Å². The highest BCUT2D eigenvalue weighted by molar-refractivity contribution is 5.99.